The topological polar surface area (TPSA) is 46.2 Å². The monoisotopic (exact) mass is 412 g/mol. The van der Waals surface area contributed by atoms with Gasteiger partial charge in [-0.1, -0.05) is 0 Å². The van der Waals surface area contributed by atoms with E-state index in [0.29, 0.717) is 6.61 Å². The number of ether oxygens (including phenoxy) is 5. The lowest BCUT2D eigenvalue weighted by atomic mass is 10.0. The predicted molar refractivity (Wildman–Crippen MR) is 78.5 cm³/mol. The Labute approximate surface area is 135 Å². The molecule has 0 saturated carbocycles. The SMILES string of the molecule is CC1(C)OCC(C2OC3OC(C)(C)OC3C2=C(Br)Br)O1. The summed E-state index contributed by atoms with van der Waals surface area (Å²) in [6.45, 7) is 8.03. The molecule has 0 spiro atoms. The van der Waals surface area contributed by atoms with Crippen LogP contribution < -0.4 is 0 Å². The molecular formula is C13H18Br2O5. The van der Waals surface area contributed by atoms with Crippen LogP contribution >= 0.6 is 31.9 Å². The summed E-state index contributed by atoms with van der Waals surface area (Å²) in [4.78, 5) is 0. The number of rotatable bonds is 1. The molecule has 7 heteroatoms. The average Bonchev–Trinajstić information content (AvgIpc) is 2.86. The van der Waals surface area contributed by atoms with Crippen molar-refractivity contribution in [3.8, 4) is 0 Å². The van der Waals surface area contributed by atoms with Crippen molar-refractivity contribution >= 4 is 31.9 Å². The molecule has 0 amide bonds. The van der Waals surface area contributed by atoms with Crippen molar-refractivity contribution in [3.63, 3.8) is 0 Å². The summed E-state index contributed by atoms with van der Waals surface area (Å²) in [5.74, 6) is -1.23. The highest BCUT2D eigenvalue weighted by Gasteiger charge is 2.56. The van der Waals surface area contributed by atoms with Gasteiger partial charge in [0.25, 0.3) is 0 Å². The van der Waals surface area contributed by atoms with E-state index in [4.69, 9.17) is 23.7 Å². The second kappa shape index (κ2) is 5.01. The molecule has 0 N–H and O–H groups in total. The predicted octanol–water partition coefficient (Wildman–Crippen LogP) is 3.02. The Morgan fingerprint density at radius 3 is 2.25 bits per heavy atom. The molecule has 0 aliphatic carbocycles. The Hall–Kier alpha value is 0.500. The number of hydrogen-bond donors (Lipinski definition) is 0. The third-order valence-corrected chi connectivity index (χ3v) is 4.45. The van der Waals surface area contributed by atoms with Gasteiger partial charge < -0.3 is 23.7 Å². The van der Waals surface area contributed by atoms with Crippen molar-refractivity contribution in [3.05, 3.63) is 8.96 Å². The molecule has 4 atom stereocenters. The zero-order valence-corrected chi connectivity index (χ0v) is 15.0. The zero-order valence-electron chi connectivity index (χ0n) is 11.8. The van der Waals surface area contributed by atoms with Crippen molar-refractivity contribution in [1.29, 1.82) is 0 Å². The summed E-state index contributed by atoms with van der Waals surface area (Å²) in [5.41, 5.74) is 0.965. The minimum absolute atomic E-state index is 0.175. The van der Waals surface area contributed by atoms with Crippen LogP contribution in [0, 0.1) is 0 Å². The van der Waals surface area contributed by atoms with Crippen LogP contribution in [0.25, 0.3) is 0 Å². The van der Waals surface area contributed by atoms with Gasteiger partial charge in [0, 0.05) is 5.57 Å². The summed E-state index contributed by atoms with van der Waals surface area (Å²) in [5, 5.41) is 0. The smallest absolute Gasteiger partial charge is 0.192 e. The van der Waals surface area contributed by atoms with Gasteiger partial charge in [-0.3, -0.25) is 0 Å². The number of halogens is 2. The molecule has 0 radical (unpaired) electrons. The van der Waals surface area contributed by atoms with E-state index in [1.807, 2.05) is 27.7 Å². The maximum atomic E-state index is 6.00. The lowest BCUT2D eigenvalue weighted by Gasteiger charge is -2.25. The Morgan fingerprint density at radius 2 is 1.70 bits per heavy atom. The summed E-state index contributed by atoms with van der Waals surface area (Å²) >= 11 is 6.95. The average molecular weight is 414 g/mol. The van der Waals surface area contributed by atoms with Gasteiger partial charge in [0.05, 0.1) is 10.00 Å². The molecule has 3 fully saturated rings. The fourth-order valence-corrected chi connectivity index (χ4v) is 3.69. The van der Waals surface area contributed by atoms with Crippen molar-refractivity contribution in [1.82, 2.24) is 0 Å². The van der Waals surface area contributed by atoms with Gasteiger partial charge in [0.15, 0.2) is 17.9 Å². The molecular weight excluding hydrogens is 396 g/mol. The van der Waals surface area contributed by atoms with Crippen molar-refractivity contribution in [2.45, 2.75) is 63.9 Å². The molecule has 0 aromatic carbocycles. The van der Waals surface area contributed by atoms with Crippen molar-refractivity contribution in [2.24, 2.45) is 0 Å². The van der Waals surface area contributed by atoms with E-state index in [1.165, 1.54) is 0 Å². The van der Waals surface area contributed by atoms with E-state index in [9.17, 15) is 0 Å². The lowest BCUT2D eigenvalue weighted by Crippen LogP contribution is -2.35. The number of hydrogen-bond acceptors (Lipinski definition) is 5. The van der Waals surface area contributed by atoms with Crippen molar-refractivity contribution in [2.75, 3.05) is 6.61 Å². The van der Waals surface area contributed by atoms with Gasteiger partial charge in [-0.25, -0.2) is 0 Å². The second-order valence-corrected chi connectivity index (χ2v) is 8.71. The van der Waals surface area contributed by atoms with E-state index < -0.39 is 17.9 Å². The largest absolute Gasteiger partial charge is 0.348 e. The molecule has 4 unspecified atom stereocenters. The summed E-state index contributed by atoms with van der Waals surface area (Å²) in [7, 11) is 0. The van der Waals surface area contributed by atoms with Crippen LogP contribution in [0.1, 0.15) is 27.7 Å². The van der Waals surface area contributed by atoms with Gasteiger partial charge >= 0.3 is 0 Å². The standard InChI is InChI=1S/C13H18Br2O5/c1-12(2)16-5-6(18-12)8-7(10(14)15)9-11(17-8)20-13(3,4)19-9/h6,8-9,11H,5H2,1-4H3. The third-order valence-electron chi connectivity index (χ3n) is 3.54. The lowest BCUT2D eigenvalue weighted by molar-refractivity contribution is -0.215. The maximum absolute atomic E-state index is 6.00. The van der Waals surface area contributed by atoms with Crippen LogP contribution in [0.2, 0.25) is 0 Å². The first-order valence-electron chi connectivity index (χ1n) is 6.56. The first-order valence-corrected chi connectivity index (χ1v) is 8.15. The highest BCUT2D eigenvalue weighted by Crippen LogP contribution is 2.46. The highest BCUT2D eigenvalue weighted by atomic mass is 79.9. The molecule has 3 saturated heterocycles. The van der Waals surface area contributed by atoms with Gasteiger partial charge in [0.1, 0.15) is 18.3 Å². The maximum Gasteiger partial charge on any atom is 0.192 e. The first-order chi connectivity index (χ1) is 9.19. The fraction of sp³-hybridized carbons (Fsp3) is 0.846. The number of fused-ring (bicyclic) bond motifs is 1. The van der Waals surface area contributed by atoms with Gasteiger partial charge in [-0.2, -0.15) is 0 Å². The zero-order chi connectivity index (χ0) is 14.7. The molecule has 3 heterocycles. The Balaban J connectivity index is 1.83. The molecule has 0 aromatic heterocycles. The molecule has 0 aromatic rings. The van der Waals surface area contributed by atoms with E-state index in [1.54, 1.807) is 0 Å². The molecule has 3 rings (SSSR count). The van der Waals surface area contributed by atoms with Gasteiger partial charge in [0.2, 0.25) is 0 Å². The van der Waals surface area contributed by atoms with E-state index in [0.717, 1.165) is 8.96 Å². The normalized spacial score (nSPS) is 42.0. The van der Waals surface area contributed by atoms with Crippen LogP contribution in [0.15, 0.2) is 8.96 Å². The highest BCUT2D eigenvalue weighted by molar-refractivity contribution is 9.28. The Kier molecular flexibility index (Phi) is 3.86. The van der Waals surface area contributed by atoms with Crippen LogP contribution in [-0.4, -0.2) is 42.8 Å². The van der Waals surface area contributed by atoms with Gasteiger partial charge in [-0.05, 0) is 59.6 Å². The molecule has 5 nitrogen and oxygen atoms in total. The van der Waals surface area contributed by atoms with Crippen LogP contribution in [0.4, 0.5) is 0 Å². The van der Waals surface area contributed by atoms with Crippen LogP contribution in [0.5, 0.6) is 0 Å². The summed E-state index contributed by atoms with van der Waals surface area (Å²) in [6.07, 6.45) is -1.08. The van der Waals surface area contributed by atoms with Crippen LogP contribution in [-0.2, 0) is 23.7 Å². The summed E-state index contributed by atoms with van der Waals surface area (Å²) < 4.78 is 30.0. The summed E-state index contributed by atoms with van der Waals surface area (Å²) in [6, 6.07) is 0. The van der Waals surface area contributed by atoms with Crippen molar-refractivity contribution < 1.29 is 23.7 Å². The molecule has 3 aliphatic heterocycles. The second-order valence-electron chi connectivity index (χ2n) is 6.06. The Morgan fingerprint density at radius 1 is 1.00 bits per heavy atom. The quantitative estimate of drug-likeness (QED) is 0.661. The Bertz CT molecular complexity index is 444. The molecule has 0 bridgehead atoms. The van der Waals surface area contributed by atoms with Crippen LogP contribution in [0.3, 0.4) is 0 Å². The van der Waals surface area contributed by atoms with E-state index in [2.05, 4.69) is 31.9 Å². The molecule has 20 heavy (non-hydrogen) atoms. The molecule has 114 valence electrons. The third kappa shape index (κ3) is 2.74. The first kappa shape index (κ1) is 15.4. The molecule has 3 aliphatic rings. The fourth-order valence-electron chi connectivity index (χ4n) is 2.79. The van der Waals surface area contributed by atoms with E-state index in [-0.39, 0.29) is 18.3 Å². The van der Waals surface area contributed by atoms with E-state index >= 15 is 0 Å². The minimum Gasteiger partial charge on any atom is -0.348 e. The minimum atomic E-state index is -0.646. The van der Waals surface area contributed by atoms with Gasteiger partial charge in [-0.15, -0.1) is 0 Å².